The lowest BCUT2D eigenvalue weighted by Crippen LogP contribution is -2.15. The van der Waals surface area contributed by atoms with Gasteiger partial charge in [0.25, 0.3) is 0 Å². The molecule has 0 saturated carbocycles. The van der Waals surface area contributed by atoms with Crippen LogP contribution < -0.4 is 0 Å². The van der Waals surface area contributed by atoms with Gasteiger partial charge >= 0.3 is 0 Å². The van der Waals surface area contributed by atoms with E-state index in [4.69, 9.17) is 9.47 Å². The fourth-order valence-corrected chi connectivity index (χ4v) is 3.65. The zero-order chi connectivity index (χ0) is 13.2. The van der Waals surface area contributed by atoms with Gasteiger partial charge < -0.3 is 9.47 Å². The lowest BCUT2D eigenvalue weighted by molar-refractivity contribution is -0.0971. The first-order valence-electron chi connectivity index (χ1n) is 6.69. The van der Waals surface area contributed by atoms with E-state index in [1.807, 2.05) is 6.07 Å². The van der Waals surface area contributed by atoms with Crippen molar-refractivity contribution in [3.05, 3.63) is 52.8 Å². The molecular formula is C16H17IO2. The van der Waals surface area contributed by atoms with E-state index in [1.165, 1.54) is 27.6 Å². The Labute approximate surface area is 127 Å². The summed E-state index contributed by atoms with van der Waals surface area (Å²) in [6, 6.07) is 8.33. The van der Waals surface area contributed by atoms with Crippen LogP contribution in [0.15, 0.2) is 41.7 Å². The number of allylic oxidation sites excluding steroid dienone is 2. The molecule has 0 N–H and O–H groups in total. The molecule has 1 heterocycles. The predicted molar refractivity (Wildman–Crippen MR) is 84.8 cm³/mol. The fraction of sp³-hybridized carbons (Fsp3) is 0.375. The molecule has 1 atom stereocenters. The average Bonchev–Trinajstić information content (AvgIpc) is 2.49. The van der Waals surface area contributed by atoms with E-state index in [9.17, 15) is 0 Å². The Kier molecular flexibility index (Phi) is 3.93. The molecule has 3 heteroatoms. The molecule has 2 aliphatic rings. The van der Waals surface area contributed by atoms with Crippen molar-refractivity contribution >= 4 is 26.2 Å². The minimum atomic E-state index is -0.285. The van der Waals surface area contributed by atoms with Crippen molar-refractivity contribution < 1.29 is 9.47 Å². The maximum atomic E-state index is 6.10. The molecule has 2 nitrogen and oxygen atoms in total. The first kappa shape index (κ1) is 13.2. The highest BCUT2D eigenvalue weighted by Gasteiger charge is 2.28. The second-order valence-corrected chi connectivity index (χ2v) is 5.97. The van der Waals surface area contributed by atoms with Crippen LogP contribution in [0.2, 0.25) is 0 Å². The van der Waals surface area contributed by atoms with Gasteiger partial charge in [0.1, 0.15) is 5.76 Å². The lowest BCUT2D eigenvalue weighted by atomic mass is 9.95. The zero-order valence-corrected chi connectivity index (χ0v) is 13.1. The van der Waals surface area contributed by atoms with Crippen LogP contribution in [0.5, 0.6) is 0 Å². The van der Waals surface area contributed by atoms with E-state index >= 15 is 0 Å². The molecule has 1 aliphatic heterocycles. The van der Waals surface area contributed by atoms with Crippen LogP contribution in [0.4, 0.5) is 0 Å². The Hall–Kier alpha value is -0.810. The molecule has 0 radical (unpaired) electrons. The molecule has 3 rings (SSSR count). The van der Waals surface area contributed by atoms with Crippen molar-refractivity contribution in [2.24, 2.45) is 0 Å². The molecule has 100 valence electrons. The highest BCUT2D eigenvalue weighted by Crippen LogP contribution is 2.44. The SMILES string of the molecule is COC1OC(C2=CCCCC2)=C(I)c2ccccc21. The minimum Gasteiger partial charge on any atom is -0.459 e. The van der Waals surface area contributed by atoms with E-state index in [2.05, 4.69) is 46.9 Å². The summed E-state index contributed by atoms with van der Waals surface area (Å²) >= 11 is 2.40. The molecule has 1 unspecified atom stereocenters. The highest BCUT2D eigenvalue weighted by atomic mass is 127. The average molecular weight is 368 g/mol. The molecule has 19 heavy (non-hydrogen) atoms. The maximum absolute atomic E-state index is 6.10. The Morgan fingerprint density at radius 2 is 2.11 bits per heavy atom. The van der Waals surface area contributed by atoms with Gasteiger partial charge in [-0.1, -0.05) is 30.3 Å². The standard InChI is InChI=1S/C16H17IO2/c1-18-16-13-10-6-5-9-12(13)14(17)15(19-16)11-7-3-2-4-8-11/h5-7,9-10,16H,2-4,8H2,1H3. The summed E-state index contributed by atoms with van der Waals surface area (Å²) in [6.45, 7) is 0. The van der Waals surface area contributed by atoms with E-state index in [0.29, 0.717) is 0 Å². The van der Waals surface area contributed by atoms with Gasteiger partial charge in [-0.3, -0.25) is 0 Å². The van der Waals surface area contributed by atoms with Crippen LogP contribution in [-0.2, 0) is 9.47 Å². The van der Waals surface area contributed by atoms with Crippen LogP contribution in [0, 0.1) is 0 Å². The number of hydrogen-bond acceptors (Lipinski definition) is 2. The lowest BCUT2D eigenvalue weighted by Gasteiger charge is -2.30. The van der Waals surface area contributed by atoms with Crippen molar-refractivity contribution in [2.75, 3.05) is 7.11 Å². The van der Waals surface area contributed by atoms with Gasteiger partial charge in [-0.2, -0.15) is 0 Å². The van der Waals surface area contributed by atoms with Crippen LogP contribution in [-0.4, -0.2) is 7.11 Å². The van der Waals surface area contributed by atoms with Crippen LogP contribution in [0.25, 0.3) is 3.58 Å². The molecule has 0 spiro atoms. The Morgan fingerprint density at radius 1 is 1.26 bits per heavy atom. The summed E-state index contributed by atoms with van der Waals surface area (Å²) in [7, 11) is 1.70. The second-order valence-electron chi connectivity index (χ2n) is 4.89. The van der Waals surface area contributed by atoms with Gasteiger partial charge in [-0.05, 0) is 53.8 Å². The van der Waals surface area contributed by atoms with E-state index in [-0.39, 0.29) is 6.29 Å². The van der Waals surface area contributed by atoms with Crippen molar-refractivity contribution in [3.8, 4) is 0 Å². The second kappa shape index (κ2) is 5.67. The molecule has 1 aromatic rings. The van der Waals surface area contributed by atoms with E-state index in [1.54, 1.807) is 7.11 Å². The van der Waals surface area contributed by atoms with Gasteiger partial charge in [-0.15, -0.1) is 0 Å². The summed E-state index contributed by atoms with van der Waals surface area (Å²) in [4.78, 5) is 0. The summed E-state index contributed by atoms with van der Waals surface area (Å²) < 4.78 is 12.8. The molecule has 1 aromatic carbocycles. The van der Waals surface area contributed by atoms with Crippen LogP contribution in [0.3, 0.4) is 0 Å². The van der Waals surface area contributed by atoms with Crippen molar-refractivity contribution in [2.45, 2.75) is 32.0 Å². The first-order valence-corrected chi connectivity index (χ1v) is 7.77. The predicted octanol–water partition coefficient (Wildman–Crippen LogP) is 4.97. The van der Waals surface area contributed by atoms with Crippen molar-refractivity contribution in [1.82, 2.24) is 0 Å². The highest BCUT2D eigenvalue weighted by molar-refractivity contribution is 14.1. The molecular weight excluding hydrogens is 351 g/mol. The summed E-state index contributed by atoms with van der Waals surface area (Å²) in [5, 5.41) is 0. The number of fused-ring (bicyclic) bond motifs is 1. The zero-order valence-electron chi connectivity index (χ0n) is 11.0. The number of rotatable bonds is 2. The third kappa shape index (κ3) is 2.46. The van der Waals surface area contributed by atoms with Gasteiger partial charge in [0, 0.05) is 18.2 Å². The number of halogens is 1. The normalized spacial score (nSPS) is 22.6. The first-order chi connectivity index (χ1) is 9.31. The van der Waals surface area contributed by atoms with Gasteiger partial charge in [0.05, 0.1) is 3.58 Å². The van der Waals surface area contributed by atoms with E-state index < -0.39 is 0 Å². The smallest absolute Gasteiger partial charge is 0.227 e. The van der Waals surface area contributed by atoms with Gasteiger partial charge in [0.2, 0.25) is 6.29 Å². The van der Waals surface area contributed by atoms with Gasteiger partial charge in [0.15, 0.2) is 0 Å². The number of hydrogen-bond donors (Lipinski definition) is 0. The Balaban J connectivity index is 2.07. The Morgan fingerprint density at radius 3 is 2.84 bits per heavy atom. The topological polar surface area (TPSA) is 18.5 Å². The number of benzene rings is 1. The van der Waals surface area contributed by atoms with Crippen LogP contribution in [0.1, 0.15) is 43.1 Å². The third-order valence-electron chi connectivity index (χ3n) is 3.67. The number of methoxy groups -OCH3 is 1. The fourth-order valence-electron chi connectivity index (χ4n) is 2.68. The summed E-state index contributed by atoms with van der Waals surface area (Å²) in [6.07, 6.45) is 6.84. The van der Waals surface area contributed by atoms with Gasteiger partial charge in [-0.25, -0.2) is 0 Å². The van der Waals surface area contributed by atoms with Crippen molar-refractivity contribution in [1.29, 1.82) is 0 Å². The monoisotopic (exact) mass is 368 g/mol. The van der Waals surface area contributed by atoms with Crippen LogP contribution >= 0.6 is 22.6 Å². The number of ether oxygens (including phenoxy) is 2. The molecule has 0 aromatic heterocycles. The Bertz CT molecular complexity index is 545. The molecule has 1 aliphatic carbocycles. The maximum Gasteiger partial charge on any atom is 0.227 e. The molecule has 0 amide bonds. The molecule has 0 bridgehead atoms. The summed E-state index contributed by atoms with van der Waals surface area (Å²) in [5.41, 5.74) is 3.70. The quantitative estimate of drug-likeness (QED) is 0.687. The van der Waals surface area contributed by atoms with E-state index in [0.717, 1.165) is 24.2 Å². The molecule has 0 fully saturated rings. The largest absolute Gasteiger partial charge is 0.459 e. The summed E-state index contributed by atoms with van der Waals surface area (Å²) in [5.74, 6) is 1.02. The minimum absolute atomic E-state index is 0.285. The molecule has 0 saturated heterocycles. The van der Waals surface area contributed by atoms with Crippen molar-refractivity contribution in [3.63, 3.8) is 0 Å². The third-order valence-corrected chi connectivity index (χ3v) is 4.74.